The van der Waals surface area contributed by atoms with Gasteiger partial charge in [-0.15, -0.1) is 0 Å². The van der Waals surface area contributed by atoms with Gasteiger partial charge in [0.05, 0.1) is 22.2 Å². The molecule has 0 amide bonds. The zero-order valence-corrected chi connectivity index (χ0v) is 30.6. The first-order valence-corrected chi connectivity index (χ1v) is 18.6. The number of carbonyl (C=O) groups excluding carboxylic acids is 2. The van der Waals surface area contributed by atoms with Crippen LogP contribution in [0, 0.1) is 17.7 Å². The molecule has 1 N–H and O–H groups in total. The van der Waals surface area contributed by atoms with E-state index in [9.17, 15) is 22.8 Å². The Balaban J connectivity index is 1.14. The van der Waals surface area contributed by atoms with E-state index in [0.29, 0.717) is 41.4 Å². The highest BCUT2D eigenvalue weighted by Crippen LogP contribution is 2.38. The largest absolute Gasteiger partial charge is 0.489 e. The first kappa shape index (κ1) is 37.8. The normalized spacial score (nSPS) is 20.2. The SMILES string of the molecule is O=C(O[C@@H](Cc1c(Cl)cncc1Cl)c1ccc(OC(F)F)c(OCC2CC2)c1)c1cccc(NC(C(=O)O[C@H]2CN3CCC2CC3)c2cccc(F)c2)c1. The maximum atomic E-state index is 14.4. The summed E-state index contributed by atoms with van der Waals surface area (Å²) in [4.78, 5) is 33.9. The van der Waals surface area contributed by atoms with Gasteiger partial charge in [0.25, 0.3) is 0 Å². The van der Waals surface area contributed by atoms with Gasteiger partial charge in [0, 0.05) is 31.0 Å². The lowest BCUT2D eigenvalue weighted by molar-refractivity contribution is -0.159. The van der Waals surface area contributed by atoms with Gasteiger partial charge in [0.2, 0.25) is 0 Å². The summed E-state index contributed by atoms with van der Waals surface area (Å²) in [5.74, 6) is -1.30. The van der Waals surface area contributed by atoms with E-state index in [2.05, 4.69) is 15.2 Å². The van der Waals surface area contributed by atoms with Gasteiger partial charge in [-0.25, -0.2) is 14.0 Å². The lowest BCUT2D eigenvalue weighted by atomic mass is 9.86. The Morgan fingerprint density at radius 3 is 2.35 bits per heavy atom. The Bertz CT molecular complexity index is 1960. The summed E-state index contributed by atoms with van der Waals surface area (Å²) < 4.78 is 63.7. The zero-order valence-electron chi connectivity index (χ0n) is 29.1. The number of anilines is 1. The number of hydrogen-bond donors (Lipinski definition) is 1. The quantitative estimate of drug-likeness (QED) is 0.119. The molecule has 3 saturated heterocycles. The number of pyridine rings is 1. The van der Waals surface area contributed by atoms with E-state index in [-0.39, 0.29) is 45.6 Å². The minimum absolute atomic E-state index is 0.00799. The number of fused-ring (bicyclic) bond motifs is 3. The fourth-order valence-corrected chi connectivity index (χ4v) is 7.41. The van der Waals surface area contributed by atoms with Crippen LogP contribution in [0.5, 0.6) is 11.5 Å². The van der Waals surface area contributed by atoms with Crippen molar-refractivity contribution >= 4 is 40.8 Å². The third kappa shape index (κ3) is 9.40. The smallest absolute Gasteiger partial charge is 0.387 e. The molecule has 0 spiro atoms. The molecule has 1 aromatic heterocycles. The second-order valence-corrected chi connectivity index (χ2v) is 14.7. The van der Waals surface area contributed by atoms with Gasteiger partial charge in [0.15, 0.2) is 17.5 Å². The van der Waals surface area contributed by atoms with E-state index in [1.165, 1.54) is 54.9 Å². The molecule has 4 heterocycles. The Labute approximate surface area is 320 Å². The van der Waals surface area contributed by atoms with Crippen molar-refractivity contribution in [2.75, 3.05) is 31.6 Å². The number of hydrogen-bond acceptors (Lipinski definition) is 9. The number of ether oxygens (including phenoxy) is 4. The number of esters is 2. The molecule has 3 atom stereocenters. The standard InChI is InChI=1S/C40H38Cl2F3N3O6/c41-31-19-46-20-32(42)30(31)18-34(25-9-10-33(54-40(44)45)35(17-25)51-22-23-7-8-23)52-38(49)27-4-2-6-29(16-27)47-37(26-3-1-5-28(43)15-26)39(50)53-36-21-48-13-11-24(36)12-14-48/h1-6,9-10,15-17,19-20,23-24,34,36-37,40,47H,7-8,11-14,18,21-22H2/t34-,36-,37?/m0/s1. The van der Waals surface area contributed by atoms with Crippen LogP contribution < -0.4 is 14.8 Å². The molecule has 4 aliphatic rings. The average molecular weight is 785 g/mol. The van der Waals surface area contributed by atoms with Crippen LogP contribution >= 0.6 is 23.2 Å². The van der Waals surface area contributed by atoms with Crippen LogP contribution in [0.2, 0.25) is 10.0 Å². The summed E-state index contributed by atoms with van der Waals surface area (Å²) in [7, 11) is 0. The molecule has 0 radical (unpaired) electrons. The fraction of sp³-hybridized carbons (Fsp3) is 0.375. The van der Waals surface area contributed by atoms with Crippen molar-refractivity contribution < 1.29 is 41.7 Å². The first-order valence-electron chi connectivity index (χ1n) is 17.8. The number of nitrogens with zero attached hydrogens (tertiary/aromatic N) is 2. The van der Waals surface area contributed by atoms with Gasteiger partial charge in [-0.3, -0.25) is 9.88 Å². The molecule has 284 valence electrons. The van der Waals surface area contributed by atoms with E-state index >= 15 is 0 Å². The number of aromatic nitrogens is 1. The predicted molar refractivity (Wildman–Crippen MR) is 196 cm³/mol. The highest BCUT2D eigenvalue weighted by atomic mass is 35.5. The molecule has 14 heteroatoms. The molecule has 1 saturated carbocycles. The van der Waals surface area contributed by atoms with Gasteiger partial charge in [0.1, 0.15) is 18.0 Å². The predicted octanol–water partition coefficient (Wildman–Crippen LogP) is 8.85. The summed E-state index contributed by atoms with van der Waals surface area (Å²) in [5.41, 5.74) is 1.73. The molecule has 9 nitrogen and oxygen atoms in total. The summed E-state index contributed by atoms with van der Waals surface area (Å²) in [6.07, 6.45) is 5.39. The van der Waals surface area contributed by atoms with Gasteiger partial charge in [-0.2, -0.15) is 8.78 Å². The van der Waals surface area contributed by atoms with Gasteiger partial charge >= 0.3 is 18.6 Å². The minimum atomic E-state index is -3.08. The van der Waals surface area contributed by atoms with Crippen LogP contribution in [0.25, 0.3) is 0 Å². The molecule has 3 aliphatic heterocycles. The topological polar surface area (TPSA) is 99.2 Å². The second-order valence-electron chi connectivity index (χ2n) is 13.8. The van der Waals surface area contributed by atoms with Crippen molar-refractivity contribution in [1.82, 2.24) is 9.88 Å². The highest BCUT2D eigenvalue weighted by Gasteiger charge is 2.38. The first-order chi connectivity index (χ1) is 26.1. The number of carbonyl (C=O) groups is 2. The molecule has 54 heavy (non-hydrogen) atoms. The van der Waals surface area contributed by atoms with Gasteiger partial charge in [-0.05, 0) is 110 Å². The maximum absolute atomic E-state index is 14.4. The summed E-state index contributed by atoms with van der Waals surface area (Å²) in [6, 6.07) is 15.3. The van der Waals surface area contributed by atoms with Crippen molar-refractivity contribution in [3.05, 3.63) is 117 Å². The van der Waals surface area contributed by atoms with Crippen LogP contribution in [-0.2, 0) is 20.7 Å². The monoisotopic (exact) mass is 783 g/mol. The van der Waals surface area contributed by atoms with Crippen molar-refractivity contribution in [2.24, 2.45) is 11.8 Å². The Kier molecular flexibility index (Phi) is 11.8. The lowest BCUT2D eigenvalue weighted by Gasteiger charge is -2.44. The van der Waals surface area contributed by atoms with Gasteiger partial charge < -0.3 is 24.3 Å². The van der Waals surface area contributed by atoms with Crippen LogP contribution in [0.15, 0.2) is 79.1 Å². The van der Waals surface area contributed by atoms with Crippen LogP contribution in [0.3, 0.4) is 0 Å². The molecular formula is C40H38Cl2F3N3O6. The number of piperidine rings is 3. The zero-order chi connectivity index (χ0) is 37.8. The lowest BCUT2D eigenvalue weighted by Crippen LogP contribution is -2.52. The van der Waals surface area contributed by atoms with Crippen molar-refractivity contribution in [2.45, 2.75) is 57.0 Å². The van der Waals surface area contributed by atoms with E-state index in [1.54, 1.807) is 24.3 Å². The van der Waals surface area contributed by atoms with Crippen molar-refractivity contribution in [3.63, 3.8) is 0 Å². The average Bonchev–Trinajstić information content (AvgIpc) is 3.99. The summed E-state index contributed by atoms with van der Waals surface area (Å²) in [5, 5.41) is 3.64. The molecule has 3 aromatic carbocycles. The number of benzene rings is 3. The van der Waals surface area contributed by atoms with E-state index < -0.39 is 36.5 Å². The highest BCUT2D eigenvalue weighted by molar-refractivity contribution is 6.35. The Morgan fingerprint density at radius 1 is 0.907 bits per heavy atom. The fourth-order valence-electron chi connectivity index (χ4n) is 6.90. The van der Waals surface area contributed by atoms with Crippen molar-refractivity contribution in [1.29, 1.82) is 0 Å². The Morgan fingerprint density at radius 2 is 1.67 bits per heavy atom. The maximum Gasteiger partial charge on any atom is 0.387 e. The molecular weight excluding hydrogens is 746 g/mol. The summed E-state index contributed by atoms with van der Waals surface area (Å²) in [6.45, 7) is -0.152. The minimum Gasteiger partial charge on any atom is -0.489 e. The van der Waals surface area contributed by atoms with Crippen LogP contribution in [0.1, 0.15) is 64.9 Å². The van der Waals surface area contributed by atoms with Crippen molar-refractivity contribution in [3.8, 4) is 11.5 Å². The van der Waals surface area contributed by atoms with Crippen LogP contribution in [0.4, 0.5) is 18.9 Å². The molecule has 4 aromatic rings. The molecule has 1 aliphatic carbocycles. The number of alkyl halides is 2. The molecule has 8 rings (SSSR count). The van der Waals surface area contributed by atoms with Crippen LogP contribution in [-0.4, -0.2) is 60.8 Å². The molecule has 4 fully saturated rings. The third-order valence-electron chi connectivity index (χ3n) is 10.0. The molecule has 2 bridgehead atoms. The second kappa shape index (κ2) is 16.9. The number of nitrogens with one attached hydrogen (secondary N) is 1. The summed E-state index contributed by atoms with van der Waals surface area (Å²) >= 11 is 12.9. The van der Waals surface area contributed by atoms with E-state index in [0.717, 1.165) is 38.8 Å². The number of halogens is 5. The third-order valence-corrected chi connectivity index (χ3v) is 10.7. The molecule has 1 unspecified atom stereocenters. The Hall–Kier alpha value is -4.52. The van der Waals surface area contributed by atoms with Gasteiger partial charge in [-0.1, -0.05) is 47.5 Å². The van der Waals surface area contributed by atoms with E-state index in [4.69, 9.17) is 42.1 Å². The number of rotatable bonds is 15. The van der Waals surface area contributed by atoms with E-state index in [1.807, 2.05) is 0 Å².